The van der Waals surface area contributed by atoms with Gasteiger partial charge in [0.15, 0.2) is 6.29 Å². The number of fused-ring (bicyclic) bond motifs is 2. The molecule has 106 valence electrons. The van der Waals surface area contributed by atoms with Gasteiger partial charge in [-0.2, -0.15) is 0 Å². The van der Waals surface area contributed by atoms with Gasteiger partial charge in [0.05, 0.1) is 6.10 Å². The fourth-order valence-corrected chi connectivity index (χ4v) is 3.02. The van der Waals surface area contributed by atoms with Crippen LogP contribution in [0.25, 0.3) is 5.65 Å². The predicted octanol–water partition coefficient (Wildman–Crippen LogP) is 3.29. The van der Waals surface area contributed by atoms with Crippen molar-refractivity contribution in [3.8, 4) is 0 Å². The third kappa shape index (κ3) is 2.04. The van der Waals surface area contributed by atoms with Crippen molar-refractivity contribution in [3.63, 3.8) is 0 Å². The molecule has 1 aliphatic rings. The number of methoxy groups -OCH3 is 1. The highest BCUT2D eigenvalue weighted by Gasteiger charge is 2.31. The molecule has 0 radical (unpaired) electrons. The third-order valence-corrected chi connectivity index (χ3v) is 4.00. The fourth-order valence-electron chi connectivity index (χ4n) is 3.02. The SMILES string of the molecule is COC1OC(Cc2cccn3ccnc23)c2ccccc21. The van der Waals surface area contributed by atoms with Crippen molar-refractivity contribution in [2.75, 3.05) is 7.11 Å². The zero-order valence-corrected chi connectivity index (χ0v) is 11.8. The van der Waals surface area contributed by atoms with Gasteiger partial charge in [0.25, 0.3) is 0 Å². The summed E-state index contributed by atoms with van der Waals surface area (Å²) >= 11 is 0. The van der Waals surface area contributed by atoms with E-state index in [9.17, 15) is 0 Å². The number of benzene rings is 1. The molecule has 0 aliphatic carbocycles. The number of ether oxygens (including phenoxy) is 2. The van der Waals surface area contributed by atoms with Crippen LogP contribution in [0.4, 0.5) is 0 Å². The lowest BCUT2D eigenvalue weighted by Crippen LogP contribution is -2.04. The first kappa shape index (κ1) is 12.6. The molecule has 3 aromatic rings. The lowest BCUT2D eigenvalue weighted by molar-refractivity contribution is -0.142. The molecule has 0 fully saturated rings. The van der Waals surface area contributed by atoms with Crippen LogP contribution in [-0.4, -0.2) is 16.5 Å². The Balaban J connectivity index is 1.71. The Kier molecular flexibility index (Phi) is 2.98. The minimum atomic E-state index is -0.273. The Morgan fingerprint density at radius 2 is 2.00 bits per heavy atom. The van der Waals surface area contributed by atoms with Gasteiger partial charge in [-0.3, -0.25) is 0 Å². The molecule has 21 heavy (non-hydrogen) atoms. The van der Waals surface area contributed by atoms with Crippen molar-refractivity contribution in [2.45, 2.75) is 18.8 Å². The fraction of sp³-hybridized carbons (Fsp3) is 0.235. The highest BCUT2D eigenvalue weighted by Crippen LogP contribution is 2.41. The average molecular weight is 280 g/mol. The molecule has 0 bridgehead atoms. The first-order valence-corrected chi connectivity index (χ1v) is 7.04. The predicted molar refractivity (Wildman–Crippen MR) is 78.9 cm³/mol. The van der Waals surface area contributed by atoms with Crippen LogP contribution < -0.4 is 0 Å². The van der Waals surface area contributed by atoms with Gasteiger partial charge in [0.1, 0.15) is 5.65 Å². The lowest BCUT2D eigenvalue weighted by atomic mass is 10.00. The summed E-state index contributed by atoms with van der Waals surface area (Å²) in [6.45, 7) is 0. The molecule has 1 aliphatic heterocycles. The second kappa shape index (κ2) is 4.98. The Bertz CT molecular complexity index is 781. The molecule has 0 spiro atoms. The largest absolute Gasteiger partial charge is 0.352 e. The maximum Gasteiger partial charge on any atom is 0.184 e. The topological polar surface area (TPSA) is 35.8 Å². The number of hydrogen-bond acceptors (Lipinski definition) is 3. The molecule has 4 rings (SSSR count). The molecule has 2 aromatic heterocycles. The molecule has 0 amide bonds. The smallest absolute Gasteiger partial charge is 0.184 e. The van der Waals surface area contributed by atoms with Crippen molar-refractivity contribution < 1.29 is 9.47 Å². The molecule has 0 N–H and O–H groups in total. The highest BCUT2D eigenvalue weighted by molar-refractivity contribution is 5.48. The summed E-state index contributed by atoms with van der Waals surface area (Å²) in [7, 11) is 1.68. The Morgan fingerprint density at radius 3 is 2.86 bits per heavy atom. The van der Waals surface area contributed by atoms with Gasteiger partial charge >= 0.3 is 0 Å². The molecule has 4 heteroatoms. The maximum atomic E-state index is 6.05. The molecule has 3 heterocycles. The van der Waals surface area contributed by atoms with Gasteiger partial charge in [-0.1, -0.05) is 30.3 Å². The summed E-state index contributed by atoms with van der Waals surface area (Å²) < 4.78 is 13.5. The van der Waals surface area contributed by atoms with E-state index in [0.717, 1.165) is 17.6 Å². The van der Waals surface area contributed by atoms with Gasteiger partial charge in [-0.15, -0.1) is 0 Å². The Hall–Kier alpha value is -2.17. The van der Waals surface area contributed by atoms with Gasteiger partial charge in [0.2, 0.25) is 0 Å². The monoisotopic (exact) mass is 280 g/mol. The van der Waals surface area contributed by atoms with Crippen molar-refractivity contribution in [1.29, 1.82) is 0 Å². The van der Waals surface area contributed by atoms with Crippen LogP contribution in [0.3, 0.4) is 0 Å². The second-order valence-electron chi connectivity index (χ2n) is 5.22. The number of rotatable bonds is 3. The molecular weight excluding hydrogens is 264 g/mol. The minimum absolute atomic E-state index is 0.00838. The van der Waals surface area contributed by atoms with E-state index >= 15 is 0 Å². The van der Waals surface area contributed by atoms with E-state index in [2.05, 4.69) is 23.2 Å². The molecule has 2 unspecified atom stereocenters. The summed E-state index contributed by atoms with van der Waals surface area (Å²) in [6.07, 6.45) is 6.31. The van der Waals surface area contributed by atoms with Crippen LogP contribution in [-0.2, 0) is 15.9 Å². The van der Waals surface area contributed by atoms with Gasteiger partial charge in [-0.05, 0) is 17.2 Å². The molecule has 0 saturated heterocycles. The first-order valence-electron chi connectivity index (χ1n) is 7.04. The lowest BCUT2D eigenvalue weighted by Gasteiger charge is -2.13. The van der Waals surface area contributed by atoms with Gasteiger partial charge in [0, 0.05) is 37.7 Å². The van der Waals surface area contributed by atoms with Crippen LogP contribution in [0, 0.1) is 0 Å². The van der Waals surface area contributed by atoms with E-state index in [4.69, 9.17) is 9.47 Å². The molecule has 1 aromatic carbocycles. The Morgan fingerprint density at radius 1 is 1.14 bits per heavy atom. The minimum Gasteiger partial charge on any atom is -0.352 e. The molecule has 2 atom stereocenters. The van der Waals surface area contributed by atoms with Gasteiger partial charge < -0.3 is 13.9 Å². The zero-order valence-electron chi connectivity index (χ0n) is 11.8. The van der Waals surface area contributed by atoms with E-state index in [1.165, 1.54) is 11.1 Å². The van der Waals surface area contributed by atoms with E-state index in [1.807, 2.05) is 41.2 Å². The van der Waals surface area contributed by atoms with Crippen LogP contribution in [0.5, 0.6) is 0 Å². The van der Waals surface area contributed by atoms with Crippen molar-refractivity contribution >= 4 is 5.65 Å². The summed E-state index contributed by atoms with van der Waals surface area (Å²) in [5.74, 6) is 0. The number of hydrogen-bond donors (Lipinski definition) is 0. The summed E-state index contributed by atoms with van der Waals surface area (Å²) in [5.41, 5.74) is 4.50. The second-order valence-corrected chi connectivity index (χ2v) is 5.22. The third-order valence-electron chi connectivity index (χ3n) is 4.00. The molecular formula is C17H16N2O2. The number of nitrogens with zero attached hydrogens (tertiary/aromatic N) is 2. The quantitative estimate of drug-likeness (QED) is 0.738. The zero-order chi connectivity index (χ0) is 14.2. The molecule has 0 saturated carbocycles. The van der Waals surface area contributed by atoms with Crippen LogP contribution >= 0.6 is 0 Å². The van der Waals surface area contributed by atoms with E-state index in [0.29, 0.717) is 0 Å². The molecule has 4 nitrogen and oxygen atoms in total. The number of aromatic nitrogens is 2. The highest BCUT2D eigenvalue weighted by atomic mass is 16.7. The van der Waals surface area contributed by atoms with Crippen LogP contribution in [0.15, 0.2) is 55.0 Å². The first-order chi connectivity index (χ1) is 10.4. The summed E-state index contributed by atoms with van der Waals surface area (Å²) in [5, 5.41) is 0. The normalized spacial score (nSPS) is 20.8. The van der Waals surface area contributed by atoms with Crippen molar-refractivity contribution in [2.24, 2.45) is 0 Å². The van der Waals surface area contributed by atoms with Gasteiger partial charge in [-0.25, -0.2) is 4.98 Å². The van der Waals surface area contributed by atoms with E-state index in [1.54, 1.807) is 7.11 Å². The number of pyridine rings is 1. The van der Waals surface area contributed by atoms with Crippen molar-refractivity contribution in [3.05, 3.63) is 71.7 Å². The summed E-state index contributed by atoms with van der Waals surface area (Å²) in [4.78, 5) is 4.43. The Labute approximate surface area is 123 Å². The van der Waals surface area contributed by atoms with E-state index in [-0.39, 0.29) is 12.4 Å². The van der Waals surface area contributed by atoms with E-state index < -0.39 is 0 Å². The standard InChI is InChI=1S/C17H16N2O2/c1-20-17-14-7-3-2-6-13(14)15(21-17)11-12-5-4-9-19-10-8-18-16(12)19/h2-10,15,17H,11H2,1H3. The summed E-state index contributed by atoms with van der Waals surface area (Å²) in [6, 6.07) is 12.4. The average Bonchev–Trinajstić information content (AvgIpc) is 3.13. The maximum absolute atomic E-state index is 6.05. The van der Waals surface area contributed by atoms with Crippen molar-refractivity contribution in [1.82, 2.24) is 9.38 Å². The van der Waals surface area contributed by atoms with Crippen LogP contribution in [0.2, 0.25) is 0 Å². The van der Waals surface area contributed by atoms with Crippen LogP contribution in [0.1, 0.15) is 29.1 Å². The number of imidazole rings is 1.